The van der Waals surface area contributed by atoms with Crippen LogP contribution in [0.3, 0.4) is 0 Å². The van der Waals surface area contributed by atoms with Gasteiger partial charge in [-0.05, 0) is 51.3 Å². The van der Waals surface area contributed by atoms with Crippen LogP contribution >= 0.6 is 0 Å². The highest BCUT2D eigenvalue weighted by atomic mass is 16.2. The second-order valence-electron chi connectivity index (χ2n) is 6.89. The molecule has 0 N–H and O–H groups in total. The van der Waals surface area contributed by atoms with Gasteiger partial charge in [-0.1, -0.05) is 6.92 Å². The number of piperidine rings is 1. The second kappa shape index (κ2) is 7.27. The lowest BCUT2D eigenvalue weighted by Gasteiger charge is -2.41. The summed E-state index contributed by atoms with van der Waals surface area (Å²) >= 11 is 0. The average molecular weight is 306 g/mol. The van der Waals surface area contributed by atoms with Gasteiger partial charge in [0.05, 0.1) is 11.6 Å². The molecule has 1 aromatic heterocycles. The first-order valence-electron chi connectivity index (χ1n) is 8.40. The van der Waals surface area contributed by atoms with E-state index in [0.717, 1.165) is 51.9 Å². The smallest absolute Gasteiger partial charge is 0.229 e. The first-order valence-corrected chi connectivity index (χ1v) is 8.40. The summed E-state index contributed by atoms with van der Waals surface area (Å²) < 4.78 is 1.83. The summed E-state index contributed by atoms with van der Waals surface area (Å²) in [6, 6.07) is 0. The fourth-order valence-corrected chi connectivity index (χ4v) is 3.47. The van der Waals surface area contributed by atoms with Crippen molar-refractivity contribution in [2.75, 3.05) is 33.2 Å². The quantitative estimate of drug-likeness (QED) is 0.806. The fraction of sp³-hybridized carbons (Fsp3) is 0.765. The third-order valence-corrected chi connectivity index (χ3v) is 4.80. The van der Waals surface area contributed by atoms with Crippen LogP contribution in [0.15, 0.2) is 12.4 Å². The highest BCUT2D eigenvalue weighted by molar-refractivity contribution is 5.82. The number of hydrogen-bond acceptors (Lipinski definition) is 3. The van der Waals surface area contributed by atoms with Gasteiger partial charge >= 0.3 is 0 Å². The minimum atomic E-state index is -0.211. The maximum atomic E-state index is 12.8. The molecule has 5 nitrogen and oxygen atoms in total. The third kappa shape index (κ3) is 4.09. The third-order valence-electron chi connectivity index (χ3n) is 4.80. The van der Waals surface area contributed by atoms with Gasteiger partial charge in [0.1, 0.15) is 0 Å². The Morgan fingerprint density at radius 1 is 1.50 bits per heavy atom. The summed E-state index contributed by atoms with van der Waals surface area (Å²) in [5.74, 6) is 0.303. The summed E-state index contributed by atoms with van der Waals surface area (Å²) in [6.07, 6.45) is 8.05. The van der Waals surface area contributed by atoms with Gasteiger partial charge in [-0.25, -0.2) is 0 Å². The molecular weight excluding hydrogens is 276 g/mol. The van der Waals surface area contributed by atoms with Gasteiger partial charge in [0.2, 0.25) is 5.91 Å². The van der Waals surface area contributed by atoms with E-state index in [4.69, 9.17) is 0 Å². The minimum Gasteiger partial charge on any atom is -0.345 e. The number of carbonyl (C=O) groups excluding carboxylic acids is 1. The Morgan fingerprint density at radius 2 is 2.27 bits per heavy atom. The van der Waals surface area contributed by atoms with Crippen LogP contribution in [0, 0.1) is 5.41 Å². The molecule has 1 fully saturated rings. The number of nitrogens with zero attached hydrogens (tertiary/aromatic N) is 4. The van der Waals surface area contributed by atoms with Crippen molar-refractivity contribution >= 4 is 5.91 Å². The van der Waals surface area contributed by atoms with Crippen LogP contribution in [0.1, 0.15) is 38.7 Å². The van der Waals surface area contributed by atoms with Crippen molar-refractivity contribution in [3.63, 3.8) is 0 Å². The first-order chi connectivity index (χ1) is 10.4. The molecule has 5 heteroatoms. The van der Waals surface area contributed by atoms with E-state index in [2.05, 4.69) is 23.8 Å². The molecule has 2 heterocycles. The first kappa shape index (κ1) is 17.0. The Kier molecular flexibility index (Phi) is 5.62. The van der Waals surface area contributed by atoms with Gasteiger partial charge in [-0.3, -0.25) is 9.48 Å². The van der Waals surface area contributed by atoms with Crippen molar-refractivity contribution < 1.29 is 4.79 Å². The summed E-state index contributed by atoms with van der Waals surface area (Å²) in [7, 11) is 3.88. The standard InChI is InChI=1S/C17H30N4O/c1-5-21-11-7-9-17(2,14-21)16(22)19(3)10-6-8-15-12-18-20(4)13-15/h12-13H,5-11,14H2,1-4H3. The van der Waals surface area contributed by atoms with Crippen LogP contribution in [-0.2, 0) is 18.3 Å². The zero-order valence-corrected chi connectivity index (χ0v) is 14.5. The molecule has 2 rings (SSSR count). The van der Waals surface area contributed by atoms with Crippen LogP contribution in [0.4, 0.5) is 0 Å². The fourth-order valence-electron chi connectivity index (χ4n) is 3.47. The van der Waals surface area contributed by atoms with Crippen molar-refractivity contribution in [2.45, 2.75) is 39.5 Å². The van der Waals surface area contributed by atoms with Crippen LogP contribution in [0.25, 0.3) is 0 Å². The summed E-state index contributed by atoms with van der Waals surface area (Å²) in [4.78, 5) is 17.1. The molecule has 0 aromatic carbocycles. The summed E-state index contributed by atoms with van der Waals surface area (Å²) in [6.45, 7) is 8.19. The Labute approximate surface area is 134 Å². The molecule has 1 aliphatic heterocycles. The molecule has 124 valence electrons. The van der Waals surface area contributed by atoms with Gasteiger partial charge in [0.15, 0.2) is 0 Å². The molecular formula is C17H30N4O. The molecule has 1 atom stereocenters. The van der Waals surface area contributed by atoms with Crippen LogP contribution in [0.2, 0.25) is 0 Å². The zero-order chi connectivity index (χ0) is 16.2. The van der Waals surface area contributed by atoms with Crippen molar-refractivity contribution in [1.82, 2.24) is 19.6 Å². The Morgan fingerprint density at radius 3 is 2.91 bits per heavy atom. The highest BCUT2D eigenvalue weighted by Crippen LogP contribution is 2.31. The number of likely N-dealkylation sites (tertiary alicyclic amines) is 1. The normalized spacial score (nSPS) is 22.7. The number of hydrogen-bond donors (Lipinski definition) is 0. The molecule has 0 saturated carbocycles. The molecule has 0 spiro atoms. The van der Waals surface area contributed by atoms with Crippen molar-refractivity contribution in [3.05, 3.63) is 18.0 Å². The van der Waals surface area contributed by atoms with Crippen LogP contribution in [0.5, 0.6) is 0 Å². The topological polar surface area (TPSA) is 41.4 Å². The summed E-state index contributed by atoms with van der Waals surface area (Å²) in [5, 5.41) is 4.18. The minimum absolute atomic E-state index is 0.211. The summed E-state index contributed by atoms with van der Waals surface area (Å²) in [5.41, 5.74) is 1.03. The SMILES string of the molecule is CCN1CCCC(C)(C(=O)N(C)CCCc2cnn(C)c2)C1. The molecule has 1 unspecified atom stereocenters. The predicted molar refractivity (Wildman–Crippen MR) is 88.6 cm³/mol. The second-order valence-corrected chi connectivity index (χ2v) is 6.89. The molecule has 1 amide bonds. The van der Waals surface area contributed by atoms with E-state index in [1.807, 2.05) is 36.1 Å². The van der Waals surface area contributed by atoms with Crippen molar-refractivity contribution in [3.8, 4) is 0 Å². The molecule has 1 aliphatic rings. The largest absolute Gasteiger partial charge is 0.345 e. The van der Waals surface area contributed by atoms with Crippen LogP contribution < -0.4 is 0 Å². The van der Waals surface area contributed by atoms with E-state index in [1.165, 1.54) is 5.56 Å². The average Bonchev–Trinajstić information content (AvgIpc) is 2.91. The molecule has 0 radical (unpaired) electrons. The number of carbonyl (C=O) groups is 1. The molecule has 0 bridgehead atoms. The zero-order valence-electron chi connectivity index (χ0n) is 14.5. The Hall–Kier alpha value is -1.36. The maximum Gasteiger partial charge on any atom is 0.229 e. The lowest BCUT2D eigenvalue weighted by molar-refractivity contribution is -0.143. The van der Waals surface area contributed by atoms with Gasteiger partial charge in [0, 0.05) is 33.4 Å². The number of aryl methyl sites for hydroxylation is 2. The molecule has 0 aliphatic carbocycles. The molecule has 22 heavy (non-hydrogen) atoms. The van der Waals surface area contributed by atoms with Crippen LogP contribution in [-0.4, -0.2) is 58.7 Å². The highest BCUT2D eigenvalue weighted by Gasteiger charge is 2.38. The molecule has 1 aromatic rings. The van der Waals surface area contributed by atoms with Gasteiger partial charge in [-0.2, -0.15) is 5.10 Å². The number of amides is 1. The van der Waals surface area contributed by atoms with E-state index < -0.39 is 0 Å². The number of aromatic nitrogens is 2. The van der Waals surface area contributed by atoms with E-state index in [-0.39, 0.29) is 5.41 Å². The van der Waals surface area contributed by atoms with E-state index >= 15 is 0 Å². The maximum absolute atomic E-state index is 12.8. The predicted octanol–water partition coefficient (Wildman–Crippen LogP) is 1.93. The Balaban J connectivity index is 1.83. The Bertz CT molecular complexity index is 499. The van der Waals surface area contributed by atoms with E-state index in [9.17, 15) is 4.79 Å². The van der Waals surface area contributed by atoms with E-state index in [1.54, 1.807) is 0 Å². The lowest BCUT2D eigenvalue weighted by atomic mass is 9.80. The molecule has 1 saturated heterocycles. The van der Waals surface area contributed by atoms with Gasteiger partial charge in [0.25, 0.3) is 0 Å². The van der Waals surface area contributed by atoms with Crippen molar-refractivity contribution in [1.29, 1.82) is 0 Å². The van der Waals surface area contributed by atoms with Gasteiger partial charge in [-0.15, -0.1) is 0 Å². The number of rotatable bonds is 6. The van der Waals surface area contributed by atoms with Gasteiger partial charge < -0.3 is 9.80 Å². The lowest BCUT2D eigenvalue weighted by Crippen LogP contribution is -2.50. The van der Waals surface area contributed by atoms with Crippen molar-refractivity contribution in [2.24, 2.45) is 12.5 Å². The monoisotopic (exact) mass is 306 g/mol. The van der Waals surface area contributed by atoms with E-state index in [0.29, 0.717) is 5.91 Å².